The SMILES string of the molecule is O=[P+](O)C(NCc1ccccc1)c1ccc(Cl)cc1. The molecule has 0 aliphatic heterocycles. The third kappa shape index (κ3) is 4.12. The summed E-state index contributed by atoms with van der Waals surface area (Å²) in [7, 11) is -2.35. The number of hydrogen-bond acceptors (Lipinski definition) is 2. The van der Waals surface area contributed by atoms with Gasteiger partial charge in [0.25, 0.3) is 5.78 Å². The number of benzene rings is 2. The molecule has 0 heterocycles. The lowest BCUT2D eigenvalue weighted by Gasteiger charge is -2.08. The van der Waals surface area contributed by atoms with Gasteiger partial charge in [-0.05, 0) is 22.3 Å². The summed E-state index contributed by atoms with van der Waals surface area (Å²) in [5.41, 5.74) is 1.82. The lowest BCUT2D eigenvalue weighted by Crippen LogP contribution is -2.18. The van der Waals surface area contributed by atoms with Gasteiger partial charge in [-0.25, -0.2) is 0 Å². The van der Waals surface area contributed by atoms with E-state index in [4.69, 9.17) is 11.6 Å². The van der Waals surface area contributed by atoms with Crippen LogP contribution in [0.2, 0.25) is 5.02 Å². The molecule has 0 saturated heterocycles. The molecule has 3 nitrogen and oxygen atoms in total. The molecule has 0 fully saturated rings. The highest BCUT2D eigenvalue weighted by molar-refractivity contribution is 7.38. The minimum absolute atomic E-state index is 0.537. The molecule has 5 heteroatoms. The maximum atomic E-state index is 11.5. The summed E-state index contributed by atoms with van der Waals surface area (Å²) in [5.74, 6) is -0.590. The van der Waals surface area contributed by atoms with Crippen LogP contribution < -0.4 is 5.32 Å². The molecule has 0 bridgehead atoms. The monoisotopic (exact) mass is 294 g/mol. The standard InChI is InChI=1S/C14H13ClNO2P/c15-13-8-6-12(7-9-13)14(19(17)18)16-10-11-4-2-1-3-5-11/h1-9,14,16H,10H2/p+1. The van der Waals surface area contributed by atoms with Crippen molar-refractivity contribution in [2.24, 2.45) is 0 Å². The fourth-order valence-electron chi connectivity index (χ4n) is 1.78. The van der Waals surface area contributed by atoms with Gasteiger partial charge in [-0.3, -0.25) is 5.32 Å². The minimum atomic E-state index is -2.35. The van der Waals surface area contributed by atoms with Crippen molar-refractivity contribution in [3.8, 4) is 0 Å². The summed E-state index contributed by atoms with van der Waals surface area (Å²) in [6.45, 7) is 0.537. The molecule has 2 rings (SSSR count). The van der Waals surface area contributed by atoms with Gasteiger partial charge in [0.05, 0.1) is 0 Å². The third-order valence-corrected chi connectivity index (χ3v) is 3.92. The van der Waals surface area contributed by atoms with Crippen molar-refractivity contribution in [2.45, 2.75) is 12.3 Å². The van der Waals surface area contributed by atoms with E-state index >= 15 is 0 Å². The van der Waals surface area contributed by atoms with Crippen molar-refractivity contribution in [1.82, 2.24) is 5.32 Å². The van der Waals surface area contributed by atoms with Crippen LogP contribution in [-0.4, -0.2) is 4.89 Å². The second kappa shape index (κ2) is 6.78. The molecule has 2 unspecified atom stereocenters. The minimum Gasteiger partial charge on any atom is -0.263 e. The van der Waals surface area contributed by atoms with Crippen molar-refractivity contribution in [3.05, 3.63) is 70.7 Å². The highest BCUT2D eigenvalue weighted by atomic mass is 35.5. The van der Waals surface area contributed by atoms with Gasteiger partial charge in [-0.1, -0.05) is 54.1 Å². The van der Waals surface area contributed by atoms with Crippen LogP contribution in [0.5, 0.6) is 0 Å². The Morgan fingerprint density at radius 1 is 1.11 bits per heavy atom. The molecule has 98 valence electrons. The highest BCUT2D eigenvalue weighted by Gasteiger charge is 2.30. The molecule has 2 atom stereocenters. The molecule has 0 aliphatic carbocycles. The first-order valence-corrected chi connectivity index (χ1v) is 7.51. The van der Waals surface area contributed by atoms with Gasteiger partial charge in [0.15, 0.2) is 0 Å². The fourth-order valence-corrected chi connectivity index (χ4v) is 2.58. The predicted octanol–water partition coefficient (Wildman–Crippen LogP) is 3.86. The highest BCUT2D eigenvalue weighted by Crippen LogP contribution is 2.35. The van der Waals surface area contributed by atoms with Crippen LogP contribution in [0.15, 0.2) is 54.6 Å². The Kier molecular flexibility index (Phi) is 5.06. The van der Waals surface area contributed by atoms with Gasteiger partial charge in [0.1, 0.15) is 0 Å². The summed E-state index contributed by atoms with van der Waals surface area (Å²) in [6, 6.07) is 16.7. The van der Waals surface area contributed by atoms with E-state index in [1.165, 1.54) is 0 Å². The van der Waals surface area contributed by atoms with Gasteiger partial charge in [0.2, 0.25) is 0 Å². The second-order valence-corrected chi connectivity index (χ2v) is 5.68. The summed E-state index contributed by atoms with van der Waals surface area (Å²) >= 11 is 5.81. The van der Waals surface area contributed by atoms with Crippen LogP contribution >= 0.6 is 19.6 Å². The normalized spacial score (nSPS) is 13.1. The Morgan fingerprint density at radius 3 is 2.32 bits per heavy atom. The molecule has 0 saturated carbocycles. The average Bonchev–Trinajstić information content (AvgIpc) is 2.42. The summed E-state index contributed by atoms with van der Waals surface area (Å²) < 4.78 is 11.5. The molecule has 0 radical (unpaired) electrons. The van der Waals surface area contributed by atoms with Gasteiger partial charge in [-0.15, -0.1) is 0 Å². The number of halogens is 1. The van der Waals surface area contributed by atoms with Gasteiger partial charge in [0, 0.05) is 17.1 Å². The first kappa shape index (κ1) is 14.2. The smallest absolute Gasteiger partial charge is 0.263 e. The zero-order valence-corrected chi connectivity index (χ0v) is 11.8. The van der Waals surface area contributed by atoms with Crippen molar-refractivity contribution in [1.29, 1.82) is 0 Å². The predicted molar refractivity (Wildman–Crippen MR) is 77.3 cm³/mol. The summed E-state index contributed by atoms with van der Waals surface area (Å²) in [5, 5.41) is 3.70. The van der Waals surface area contributed by atoms with Crippen LogP contribution in [0.3, 0.4) is 0 Å². The zero-order chi connectivity index (χ0) is 13.7. The van der Waals surface area contributed by atoms with E-state index in [1.807, 2.05) is 30.3 Å². The molecule has 0 aromatic heterocycles. The molecule has 0 aliphatic rings. The number of hydrogen-bond donors (Lipinski definition) is 2. The van der Waals surface area contributed by atoms with Gasteiger partial charge < -0.3 is 0 Å². The van der Waals surface area contributed by atoms with E-state index in [0.717, 1.165) is 11.1 Å². The van der Waals surface area contributed by atoms with Crippen molar-refractivity contribution in [3.63, 3.8) is 0 Å². The van der Waals surface area contributed by atoms with Gasteiger partial charge in [-0.2, -0.15) is 4.89 Å². The lowest BCUT2D eigenvalue weighted by atomic mass is 10.2. The molecular formula is C14H14ClNO2P+. The number of nitrogens with one attached hydrogen (secondary N) is 1. The molecule has 0 spiro atoms. The Labute approximate surface area is 118 Å². The second-order valence-electron chi connectivity index (χ2n) is 4.12. The molecule has 2 aromatic carbocycles. The molecule has 19 heavy (non-hydrogen) atoms. The Morgan fingerprint density at radius 2 is 1.74 bits per heavy atom. The molecular weight excluding hydrogens is 281 g/mol. The largest absolute Gasteiger partial charge is 0.529 e. The van der Waals surface area contributed by atoms with E-state index in [-0.39, 0.29) is 0 Å². The van der Waals surface area contributed by atoms with E-state index in [0.29, 0.717) is 11.6 Å². The quantitative estimate of drug-likeness (QED) is 0.823. The van der Waals surface area contributed by atoms with E-state index in [1.54, 1.807) is 24.3 Å². The molecule has 2 N–H and O–H groups in total. The molecule has 0 amide bonds. The van der Waals surface area contributed by atoms with E-state index < -0.39 is 13.8 Å². The third-order valence-electron chi connectivity index (χ3n) is 2.75. The summed E-state index contributed by atoms with van der Waals surface area (Å²) in [6.07, 6.45) is 0. The summed E-state index contributed by atoms with van der Waals surface area (Å²) in [4.78, 5) is 9.43. The van der Waals surface area contributed by atoms with Crippen LogP contribution in [0.1, 0.15) is 16.9 Å². The van der Waals surface area contributed by atoms with Crippen LogP contribution in [-0.2, 0) is 11.1 Å². The van der Waals surface area contributed by atoms with Gasteiger partial charge >= 0.3 is 8.03 Å². The fraction of sp³-hybridized carbons (Fsp3) is 0.143. The van der Waals surface area contributed by atoms with Crippen LogP contribution in [0.4, 0.5) is 0 Å². The van der Waals surface area contributed by atoms with Crippen molar-refractivity contribution >= 4 is 19.6 Å². The topological polar surface area (TPSA) is 49.3 Å². The Balaban J connectivity index is 2.09. The Hall–Kier alpha value is -1.25. The maximum absolute atomic E-state index is 11.5. The van der Waals surface area contributed by atoms with Crippen molar-refractivity contribution < 1.29 is 9.46 Å². The van der Waals surface area contributed by atoms with E-state index in [9.17, 15) is 9.46 Å². The zero-order valence-electron chi connectivity index (χ0n) is 10.2. The van der Waals surface area contributed by atoms with E-state index in [2.05, 4.69) is 5.32 Å². The van der Waals surface area contributed by atoms with Crippen LogP contribution in [0.25, 0.3) is 0 Å². The Bertz CT molecular complexity index is 545. The average molecular weight is 295 g/mol. The maximum Gasteiger partial charge on any atom is 0.529 e. The van der Waals surface area contributed by atoms with Crippen LogP contribution in [0, 0.1) is 0 Å². The van der Waals surface area contributed by atoms with Crippen molar-refractivity contribution in [2.75, 3.05) is 0 Å². The first-order valence-electron chi connectivity index (χ1n) is 5.85. The first-order chi connectivity index (χ1) is 9.16. The lowest BCUT2D eigenvalue weighted by molar-refractivity contribution is 0.474. The molecule has 2 aromatic rings. The number of rotatable bonds is 5.